The minimum atomic E-state index is -0.497. The molecular formula is C19H22N4O3. The van der Waals surface area contributed by atoms with Crippen molar-refractivity contribution in [2.45, 2.75) is 19.9 Å². The second kappa shape index (κ2) is 7.88. The first-order chi connectivity index (χ1) is 12.6. The number of rotatable bonds is 7. The van der Waals surface area contributed by atoms with Gasteiger partial charge in [-0.05, 0) is 43.7 Å². The molecule has 7 nitrogen and oxygen atoms in total. The Morgan fingerprint density at radius 3 is 2.58 bits per heavy atom. The van der Waals surface area contributed by atoms with Gasteiger partial charge in [-0.2, -0.15) is 5.10 Å². The second-order valence-electron chi connectivity index (χ2n) is 5.64. The van der Waals surface area contributed by atoms with Crippen LogP contribution in [-0.4, -0.2) is 33.5 Å². The van der Waals surface area contributed by atoms with Crippen LogP contribution in [0.3, 0.4) is 0 Å². The zero-order valence-corrected chi connectivity index (χ0v) is 14.8. The highest BCUT2D eigenvalue weighted by Crippen LogP contribution is 2.31. The second-order valence-corrected chi connectivity index (χ2v) is 5.64. The number of phenols is 1. The molecular weight excluding hydrogens is 332 g/mol. The van der Waals surface area contributed by atoms with Gasteiger partial charge < -0.3 is 20.3 Å². The van der Waals surface area contributed by atoms with Gasteiger partial charge in [0.25, 0.3) is 0 Å². The highest BCUT2D eigenvalue weighted by molar-refractivity contribution is 5.57. The van der Waals surface area contributed by atoms with Crippen LogP contribution in [0.4, 0.5) is 0 Å². The number of H-pyrrole nitrogens is 1. The maximum atomic E-state index is 9.60. The molecule has 1 atom stereocenters. The highest BCUT2D eigenvalue weighted by atomic mass is 16.5. The summed E-state index contributed by atoms with van der Waals surface area (Å²) in [6.45, 7) is 4.93. The van der Waals surface area contributed by atoms with Crippen LogP contribution in [0.1, 0.15) is 31.3 Å². The van der Waals surface area contributed by atoms with Crippen LogP contribution in [0, 0.1) is 0 Å². The lowest BCUT2D eigenvalue weighted by atomic mass is 10.1. The van der Waals surface area contributed by atoms with Crippen LogP contribution in [0.5, 0.6) is 17.2 Å². The maximum Gasteiger partial charge on any atom is 0.181 e. The Balaban J connectivity index is 1.87. The van der Waals surface area contributed by atoms with Gasteiger partial charge in [-0.1, -0.05) is 18.2 Å². The topological polar surface area (TPSA) is 106 Å². The quantitative estimate of drug-likeness (QED) is 0.602. The molecule has 136 valence electrons. The average Bonchev–Trinajstić information content (AvgIpc) is 3.13. The van der Waals surface area contributed by atoms with Gasteiger partial charge in [-0.25, -0.2) is 4.98 Å². The van der Waals surface area contributed by atoms with Gasteiger partial charge in [0.15, 0.2) is 17.3 Å². The lowest BCUT2D eigenvalue weighted by Gasteiger charge is -2.14. The van der Waals surface area contributed by atoms with Crippen molar-refractivity contribution in [1.82, 2.24) is 15.2 Å². The zero-order valence-electron chi connectivity index (χ0n) is 14.8. The Kier molecular flexibility index (Phi) is 5.38. The molecule has 0 aliphatic carbocycles. The van der Waals surface area contributed by atoms with Gasteiger partial charge in [0.2, 0.25) is 0 Å². The Hall–Kier alpha value is -3.06. The van der Waals surface area contributed by atoms with E-state index >= 15 is 0 Å². The molecule has 0 aliphatic heterocycles. The number of aromatic nitrogens is 3. The van der Waals surface area contributed by atoms with E-state index in [1.54, 1.807) is 18.2 Å². The van der Waals surface area contributed by atoms with E-state index in [9.17, 15) is 5.11 Å². The van der Waals surface area contributed by atoms with Crippen LogP contribution < -0.4 is 15.2 Å². The first kappa shape index (κ1) is 17.8. The van der Waals surface area contributed by atoms with E-state index in [-0.39, 0.29) is 5.75 Å². The minimum absolute atomic E-state index is 0.158. The van der Waals surface area contributed by atoms with Crippen LogP contribution in [0.2, 0.25) is 0 Å². The number of hydrogen-bond donors (Lipinski definition) is 3. The Morgan fingerprint density at radius 2 is 1.85 bits per heavy atom. The number of ether oxygens (including phenoxy) is 2. The number of aromatic amines is 1. The molecule has 0 aliphatic rings. The third-order valence-electron chi connectivity index (χ3n) is 3.83. The monoisotopic (exact) mass is 354 g/mol. The van der Waals surface area contributed by atoms with Crippen LogP contribution >= 0.6 is 0 Å². The van der Waals surface area contributed by atoms with Crippen molar-refractivity contribution in [1.29, 1.82) is 0 Å². The summed E-state index contributed by atoms with van der Waals surface area (Å²) < 4.78 is 11.2. The molecule has 1 aromatic heterocycles. The number of phenolic OH excluding ortho intramolecular Hbond substituents is 1. The molecule has 0 fully saturated rings. The average molecular weight is 354 g/mol. The lowest BCUT2D eigenvalue weighted by Crippen LogP contribution is -2.14. The van der Waals surface area contributed by atoms with Gasteiger partial charge in [-0.3, -0.25) is 5.10 Å². The van der Waals surface area contributed by atoms with Crippen LogP contribution in [0.25, 0.3) is 11.4 Å². The fraction of sp³-hybridized carbons (Fsp3) is 0.263. The molecule has 7 heteroatoms. The summed E-state index contributed by atoms with van der Waals surface area (Å²) in [5, 5.41) is 16.7. The van der Waals surface area contributed by atoms with Gasteiger partial charge in [0, 0.05) is 5.56 Å². The Labute approximate surface area is 151 Å². The maximum absolute atomic E-state index is 9.60. The molecule has 3 aromatic rings. The van der Waals surface area contributed by atoms with E-state index in [4.69, 9.17) is 15.2 Å². The molecule has 2 aromatic carbocycles. The van der Waals surface area contributed by atoms with E-state index < -0.39 is 6.04 Å². The third kappa shape index (κ3) is 3.78. The van der Waals surface area contributed by atoms with E-state index in [0.717, 1.165) is 5.56 Å². The Morgan fingerprint density at radius 1 is 1.08 bits per heavy atom. The summed E-state index contributed by atoms with van der Waals surface area (Å²) in [5.74, 6) is 2.49. The van der Waals surface area contributed by atoms with Crippen molar-refractivity contribution < 1.29 is 14.6 Å². The van der Waals surface area contributed by atoms with Crippen molar-refractivity contribution in [3.63, 3.8) is 0 Å². The van der Waals surface area contributed by atoms with E-state index in [2.05, 4.69) is 15.2 Å². The molecule has 0 spiro atoms. The lowest BCUT2D eigenvalue weighted by molar-refractivity contribution is 0.287. The fourth-order valence-corrected chi connectivity index (χ4v) is 2.61. The SMILES string of the molecule is CCOc1ccc([C@@H](N)c2nc(-c3cccc(O)c3)n[nH]2)cc1OCC. The summed E-state index contributed by atoms with van der Waals surface area (Å²) >= 11 is 0. The molecule has 0 saturated carbocycles. The van der Waals surface area contributed by atoms with Crippen LogP contribution in [0.15, 0.2) is 42.5 Å². The molecule has 0 bridgehead atoms. The van der Waals surface area contributed by atoms with Gasteiger partial charge >= 0.3 is 0 Å². The Bertz CT molecular complexity index is 879. The number of hydrogen-bond acceptors (Lipinski definition) is 6. The van der Waals surface area contributed by atoms with E-state index in [0.29, 0.717) is 41.9 Å². The number of nitrogens with one attached hydrogen (secondary N) is 1. The summed E-state index contributed by atoms with van der Waals surface area (Å²) in [7, 11) is 0. The number of aromatic hydroxyl groups is 1. The standard InChI is InChI=1S/C19H22N4O3/c1-3-25-15-9-8-12(11-16(15)26-4-2)17(20)19-21-18(22-23-19)13-6-5-7-14(24)10-13/h5-11,17,24H,3-4,20H2,1-2H3,(H,21,22,23)/t17-/m1/s1. The third-order valence-corrected chi connectivity index (χ3v) is 3.83. The molecule has 1 heterocycles. The normalized spacial score (nSPS) is 12.0. The number of nitrogens with two attached hydrogens (primary N) is 1. The predicted molar refractivity (Wildman–Crippen MR) is 98.3 cm³/mol. The smallest absolute Gasteiger partial charge is 0.181 e. The van der Waals surface area contributed by atoms with Crippen molar-refractivity contribution in [3.8, 4) is 28.6 Å². The van der Waals surface area contributed by atoms with E-state index in [1.165, 1.54) is 0 Å². The summed E-state index contributed by atoms with van der Waals surface area (Å²) in [6.07, 6.45) is 0. The van der Waals surface area contributed by atoms with Crippen molar-refractivity contribution in [2.75, 3.05) is 13.2 Å². The molecule has 0 radical (unpaired) electrons. The first-order valence-electron chi connectivity index (χ1n) is 8.49. The molecule has 26 heavy (non-hydrogen) atoms. The number of nitrogens with zero attached hydrogens (tertiary/aromatic N) is 2. The summed E-state index contributed by atoms with van der Waals surface area (Å²) in [5.41, 5.74) is 7.89. The molecule has 3 rings (SSSR count). The summed E-state index contributed by atoms with van der Waals surface area (Å²) in [4.78, 5) is 4.46. The first-order valence-corrected chi connectivity index (χ1v) is 8.49. The number of benzene rings is 2. The van der Waals surface area contributed by atoms with Crippen molar-refractivity contribution in [3.05, 3.63) is 53.9 Å². The van der Waals surface area contributed by atoms with Crippen molar-refractivity contribution in [2.24, 2.45) is 5.73 Å². The summed E-state index contributed by atoms with van der Waals surface area (Å²) in [6, 6.07) is 11.8. The molecule has 0 saturated heterocycles. The zero-order chi connectivity index (χ0) is 18.5. The molecule has 4 N–H and O–H groups in total. The fourth-order valence-electron chi connectivity index (χ4n) is 2.61. The van der Waals surface area contributed by atoms with Gasteiger partial charge in [-0.15, -0.1) is 0 Å². The van der Waals surface area contributed by atoms with E-state index in [1.807, 2.05) is 38.1 Å². The van der Waals surface area contributed by atoms with Crippen LogP contribution in [-0.2, 0) is 0 Å². The minimum Gasteiger partial charge on any atom is -0.508 e. The largest absolute Gasteiger partial charge is 0.508 e. The van der Waals surface area contributed by atoms with Gasteiger partial charge in [0.1, 0.15) is 11.6 Å². The molecule has 0 unspecified atom stereocenters. The van der Waals surface area contributed by atoms with Crippen molar-refractivity contribution >= 4 is 0 Å². The van der Waals surface area contributed by atoms with Gasteiger partial charge in [0.05, 0.1) is 19.3 Å². The highest BCUT2D eigenvalue weighted by Gasteiger charge is 2.17. The predicted octanol–water partition coefficient (Wildman–Crippen LogP) is 3.02. The molecule has 0 amide bonds.